The molecule has 0 rings (SSSR count). The Balaban J connectivity index is 3.61. The van der Waals surface area contributed by atoms with Crippen LogP contribution >= 0.6 is 0 Å². The van der Waals surface area contributed by atoms with Crippen LogP contribution in [0.3, 0.4) is 0 Å². The molecule has 0 aliphatic rings. The van der Waals surface area contributed by atoms with Crippen molar-refractivity contribution >= 4 is 11.9 Å². The minimum atomic E-state index is -0.532. The number of nitrogens with one attached hydrogen (secondary N) is 1. The number of unbranched alkanes of at least 4 members (excludes halogenated alkanes) is 9. The number of rotatable bonds is 14. The second-order valence-corrected chi connectivity index (χ2v) is 6.74. The summed E-state index contributed by atoms with van der Waals surface area (Å²) in [6, 6.07) is -0.532. The van der Waals surface area contributed by atoms with Crippen LogP contribution in [0.2, 0.25) is 0 Å². The molecule has 0 heterocycles. The molecular weight excluding hydrogens is 290 g/mol. The summed E-state index contributed by atoms with van der Waals surface area (Å²) < 4.78 is 4.73. The topological polar surface area (TPSA) is 55.4 Å². The van der Waals surface area contributed by atoms with E-state index in [2.05, 4.69) is 12.2 Å². The van der Waals surface area contributed by atoms with Crippen molar-refractivity contribution in [1.82, 2.24) is 5.32 Å². The third kappa shape index (κ3) is 12.1. The summed E-state index contributed by atoms with van der Waals surface area (Å²) in [4.78, 5) is 23.5. The predicted molar refractivity (Wildman–Crippen MR) is 95.2 cm³/mol. The summed E-state index contributed by atoms with van der Waals surface area (Å²) in [5.41, 5.74) is 0. The van der Waals surface area contributed by atoms with Crippen LogP contribution in [0, 0.1) is 5.92 Å². The largest absolute Gasteiger partial charge is 0.467 e. The summed E-state index contributed by atoms with van der Waals surface area (Å²) in [5.74, 6) is -0.371. The summed E-state index contributed by atoms with van der Waals surface area (Å²) in [6.07, 6.45) is 13.0. The number of hydrogen-bond donors (Lipinski definition) is 1. The van der Waals surface area contributed by atoms with Gasteiger partial charge < -0.3 is 10.1 Å². The molecule has 1 N–H and O–H groups in total. The van der Waals surface area contributed by atoms with E-state index >= 15 is 0 Å². The number of methoxy groups -OCH3 is 1. The molecule has 0 aromatic carbocycles. The van der Waals surface area contributed by atoms with Gasteiger partial charge in [0.2, 0.25) is 5.91 Å². The zero-order chi connectivity index (χ0) is 17.5. The van der Waals surface area contributed by atoms with Crippen molar-refractivity contribution in [3.63, 3.8) is 0 Å². The minimum absolute atomic E-state index is 0.0408. The molecule has 0 saturated heterocycles. The van der Waals surface area contributed by atoms with Gasteiger partial charge in [0, 0.05) is 6.42 Å². The average Bonchev–Trinajstić information content (AvgIpc) is 2.53. The maximum atomic E-state index is 11.9. The Morgan fingerprint density at radius 3 is 1.78 bits per heavy atom. The number of carbonyl (C=O) groups is 2. The SMILES string of the molecule is CCCCCCCCCCCCC(=O)N[C@H](C(=O)OC)C(C)C. The van der Waals surface area contributed by atoms with E-state index in [1.54, 1.807) is 0 Å². The van der Waals surface area contributed by atoms with Gasteiger partial charge in [-0.1, -0.05) is 78.6 Å². The van der Waals surface area contributed by atoms with Crippen LogP contribution in [-0.4, -0.2) is 25.0 Å². The zero-order valence-electron chi connectivity index (χ0n) is 15.7. The first-order chi connectivity index (χ1) is 11.0. The Morgan fingerprint density at radius 1 is 0.870 bits per heavy atom. The van der Waals surface area contributed by atoms with Crippen molar-refractivity contribution in [2.75, 3.05) is 7.11 Å². The Bertz CT molecular complexity index is 316. The molecule has 0 aromatic heterocycles. The molecule has 0 aromatic rings. The molecule has 0 spiro atoms. The number of carbonyl (C=O) groups excluding carboxylic acids is 2. The second kappa shape index (κ2) is 14.5. The lowest BCUT2D eigenvalue weighted by atomic mass is 10.0. The van der Waals surface area contributed by atoms with Crippen LogP contribution in [0.15, 0.2) is 0 Å². The van der Waals surface area contributed by atoms with Crippen molar-refractivity contribution in [2.45, 2.75) is 97.4 Å². The van der Waals surface area contributed by atoms with Crippen molar-refractivity contribution in [3.05, 3.63) is 0 Å². The van der Waals surface area contributed by atoms with Crippen LogP contribution in [0.1, 0.15) is 91.4 Å². The molecule has 0 radical (unpaired) electrons. The fourth-order valence-electron chi connectivity index (χ4n) is 2.64. The highest BCUT2D eigenvalue weighted by molar-refractivity contribution is 5.84. The molecule has 0 saturated carbocycles. The van der Waals surface area contributed by atoms with Gasteiger partial charge in [-0.3, -0.25) is 4.79 Å². The first-order valence-corrected chi connectivity index (χ1v) is 9.40. The number of amides is 1. The molecule has 23 heavy (non-hydrogen) atoms. The first-order valence-electron chi connectivity index (χ1n) is 9.40. The van der Waals surface area contributed by atoms with Crippen molar-refractivity contribution in [1.29, 1.82) is 0 Å². The fraction of sp³-hybridized carbons (Fsp3) is 0.895. The van der Waals surface area contributed by atoms with E-state index < -0.39 is 6.04 Å². The van der Waals surface area contributed by atoms with E-state index in [1.807, 2.05) is 13.8 Å². The quantitative estimate of drug-likeness (QED) is 0.374. The predicted octanol–water partition coefficient (Wildman–Crippen LogP) is 4.61. The molecule has 0 aliphatic carbocycles. The van der Waals surface area contributed by atoms with Gasteiger partial charge in [0.05, 0.1) is 7.11 Å². The second-order valence-electron chi connectivity index (χ2n) is 6.74. The summed E-state index contributed by atoms with van der Waals surface area (Å²) in [5, 5.41) is 2.78. The van der Waals surface area contributed by atoms with Crippen LogP contribution in [0.4, 0.5) is 0 Å². The molecule has 1 amide bonds. The lowest BCUT2D eigenvalue weighted by Gasteiger charge is -2.19. The van der Waals surface area contributed by atoms with Crippen LogP contribution < -0.4 is 5.32 Å². The molecule has 4 heteroatoms. The molecule has 4 nitrogen and oxygen atoms in total. The molecule has 0 unspecified atom stereocenters. The van der Waals surface area contributed by atoms with Gasteiger partial charge in [0.25, 0.3) is 0 Å². The Morgan fingerprint density at radius 2 is 1.35 bits per heavy atom. The molecule has 136 valence electrons. The summed E-state index contributed by atoms with van der Waals surface area (Å²) in [7, 11) is 1.35. The Hall–Kier alpha value is -1.06. The van der Waals surface area contributed by atoms with Gasteiger partial charge in [-0.25, -0.2) is 4.79 Å². The van der Waals surface area contributed by atoms with Crippen molar-refractivity contribution in [3.8, 4) is 0 Å². The maximum Gasteiger partial charge on any atom is 0.328 e. The van der Waals surface area contributed by atoms with E-state index in [0.29, 0.717) is 6.42 Å². The van der Waals surface area contributed by atoms with Crippen LogP contribution in [-0.2, 0) is 14.3 Å². The minimum Gasteiger partial charge on any atom is -0.467 e. The van der Waals surface area contributed by atoms with E-state index in [0.717, 1.165) is 12.8 Å². The van der Waals surface area contributed by atoms with E-state index in [1.165, 1.54) is 58.5 Å². The van der Waals surface area contributed by atoms with E-state index in [-0.39, 0.29) is 17.8 Å². The Kier molecular flexibility index (Phi) is 13.9. The average molecular weight is 328 g/mol. The maximum absolute atomic E-state index is 11.9. The summed E-state index contributed by atoms with van der Waals surface area (Å²) in [6.45, 7) is 6.05. The highest BCUT2D eigenvalue weighted by atomic mass is 16.5. The molecular formula is C19H37NO3. The van der Waals surface area contributed by atoms with Gasteiger partial charge in [-0.2, -0.15) is 0 Å². The standard InChI is InChI=1S/C19H37NO3/c1-5-6-7-8-9-10-11-12-13-14-15-17(21)20-18(16(2)3)19(22)23-4/h16,18H,5-15H2,1-4H3,(H,20,21)/t18-/m0/s1. The van der Waals surface area contributed by atoms with E-state index in [9.17, 15) is 9.59 Å². The van der Waals surface area contributed by atoms with Crippen LogP contribution in [0.5, 0.6) is 0 Å². The lowest BCUT2D eigenvalue weighted by molar-refractivity contribution is -0.146. The monoisotopic (exact) mass is 327 g/mol. The normalized spacial score (nSPS) is 12.2. The number of ether oxygens (including phenoxy) is 1. The third-order valence-corrected chi connectivity index (χ3v) is 4.20. The first kappa shape index (κ1) is 21.9. The molecule has 0 bridgehead atoms. The zero-order valence-corrected chi connectivity index (χ0v) is 15.7. The molecule has 0 aliphatic heterocycles. The van der Waals surface area contributed by atoms with Gasteiger partial charge in [-0.15, -0.1) is 0 Å². The van der Waals surface area contributed by atoms with Crippen molar-refractivity contribution in [2.24, 2.45) is 5.92 Å². The van der Waals surface area contributed by atoms with Crippen molar-refractivity contribution < 1.29 is 14.3 Å². The van der Waals surface area contributed by atoms with Gasteiger partial charge in [0.15, 0.2) is 0 Å². The van der Waals surface area contributed by atoms with Gasteiger partial charge >= 0.3 is 5.97 Å². The Labute approximate surface area is 142 Å². The lowest BCUT2D eigenvalue weighted by Crippen LogP contribution is -2.44. The van der Waals surface area contributed by atoms with E-state index in [4.69, 9.17) is 4.74 Å². The third-order valence-electron chi connectivity index (χ3n) is 4.20. The molecule has 0 fully saturated rings. The molecule has 1 atom stereocenters. The smallest absolute Gasteiger partial charge is 0.328 e. The highest BCUT2D eigenvalue weighted by Gasteiger charge is 2.24. The summed E-state index contributed by atoms with van der Waals surface area (Å²) >= 11 is 0. The van der Waals surface area contributed by atoms with Crippen LogP contribution in [0.25, 0.3) is 0 Å². The van der Waals surface area contributed by atoms with Gasteiger partial charge in [-0.05, 0) is 12.3 Å². The fourth-order valence-corrected chi connectivity index (χ4v) is 2.64. The van der Waals surface area contributed by atoms with Gasteiger partial charge in [0.1, 0.15) is 6.04 Å². The number of esters is 1. The number of hydrogen-bond acceptors (Lipinski definition) is 3. The highest BCUT2D eigenvalue weighted by Crippen LogP contribution is 2.11.